The normalized spacial score (nSPS) is 19.9. The van der Waals surface area contributed by atoms with Gasteiger partial charge < -0.3 is 9.88 Å². The number of benzene rings is 1. The molecule has 1 aromatic heterocycles. The molecule has 0 saturated carbocycles. The molecule has 6 nitrogen and oxygen atoms in total. The predicted molar refractivity (Wildman–Crippen MR) is 108 cm³/mol. The molecule has 144 valence electrons. The molecule has 27 heavy (non-hydrogen) atoms. The van der Waals surface area contributed by atoms with E-state index in [9.17, 15) is 4.79 Å². The summed E-state index contributed by atoms with van der Waals surface area (Å²) in [5, 5.41) is 2.87. The molecule has 1 fully saturated rings. The van der Waals surface area contributed by atoms with E-state index in [4.69, 9.17) is 4.98 Å². The number of carbonyl (C=O) groups is 1. The monoisotopic (exact) mass is 367 g/mol. The Labute approximate surface area is 160 Å². The van der Waals surface area contributed by atoms with E-state index in [1.807, 2.05) is 6.92 Å². The number of amides is 1. The highest BCUT2D eigenvalue weighted by Gasteiger charge is 2.44. The number of piperidine rings is 1. The van der Waals surface area contributed by atoms with E-state index in [1.165, 1.54) is 5.52 Å². The molecule has 2 aliphatic rings. The van der Waals surface area contributed by atoms with Gasteiger partial charge in [-0.3, -0.25) is 14.7 Å². The second-order valence-electron chi connectivity index (χ2n) is 8.31. The fraction of sp³-hybridized carbons (Fsp3) is 0.571. The second-order valence-corrected chi connectivity index (χ2v) is 8.31. The van der Waals surface area contributed by atoms with Crippen LogP contribution in [-0.2, 0) is 17.9 Å². The number of fused-ring (bicyclic) bond motifs is 1. The minimum atomic E-state index is -0.529. The van der Waals surface area contributed by atoms with E-state index in [2.05, 4.69) is 57.9 Å². The van der Waals surface area contributed by atoms with Gasteiger partial charge in [0.2, 0.25) is 0 Å². The Hall–Kier alpha value is -2.21. The standard InChI is InChI=1S/C21H29N5O/c1-15(2)8-11-26-18-7-5-4-6-17(18)23-19(26)14-25-12-9-21(10-13-25)20(27)22-16(3)24-21/h4-7,15H,8-14H2,1-3H3,(H,22,24,27). The first-order valence-electron chi connectivity index (χ1n) is 10.0. The maximum atomic E-state index is 12.3. The molecular formula is C21H29N5O. The Balaban J connectivity index is 1.51. The first-order chi connectivity index (χ1) is 13.0. The topological polar surface area (TPSA) is 62.5 Å². The second kappa shape index (κ2) is 7.08. The van der Waals surface area contributed by atoms with Crippen molar-refractivity contribution in [1.82, 2.24) is 19.8 Å². The molecule has 6 heteroatoms. The van der Waals surface area contributed by atoms with Crippen LogP contribution in [0.15, 0.2) is 29.3 Å². The first kappa shape index (κ1) is 18.2. The molecule has 1 aromatic carbocycles. The number of nitrogens with zero attached hydrogens (tertiary/aromatic N) is 4. The van der Waals surface area contributed by atoms with Crippen LogP contribution < -0.4 is 5.32 Å². The Kier molecular flexibility index (Phi) is 4.76. The number of likely N-dealkylation sites (tertiary alicyclic amines) is 1. The van der Waals surface area contributed by atoms with Crippen molar-refractivity contribution in [3.8, 4) is 0 Å². The van der Waals surface area contributed by atoms with Gasteiger partial charge in [0.15, 0.2) is 0 Å². The van der Waals surface area contributed by atoms with Gasteiger partial charge in [0.25, 0.3) is 5.91 Å². The number of rotatable bonds is 5. The molecule has 0 bridgehead atoms. The number of imidazole rings is 1. The zero-order chi connectivity index (χ0) is 19.0. The lowest BCUT2D eigenvalue weighted by atomic mass is 9.88. The summed E-state index contributed by atoms with van der Waals surface area (Å²) in [6.07, 6.45) is 2.70. The summed E-state index contributed by atoms with van der Waals surface area (Å²) in [4.78, 5) is 24.2. The van der Waals surface area contributed by atoms with Gasteiger partial charge in [0.1, 0.15) is 17.2 Å². The number of para-hydroxylation sites is 2. The summed E-state index contributed by atoms with van der Waals surface area (Å²) in [6, 6.07) is 8.40. The predicted octanol–water partition coefficient (Wildman–Crippen LogP) is 2.97. The summed E-state index contributed by atoms with van der Waals surface area (Å²) in [5.74, 6) is 2.62. The summed E-state index contributed by atoms with van der Waals surface area (Å²) in [7, 11) is 0. The molecule has 1 N–H and O–H groups in total. The molecule has 0 unspecified atom stereocenters. The summed E-state index contributed by atoms with van der Waals surface area (Å²) in [5.41, 5.74) is 1.76. The van der Waals surface area contributed by atoms with Gasteiger partial charge in [-0.1, -0.05) is 26.0 Å². The van der Waals surface area contributed by atoms with Crippen molar-refractivity contribution in [2.45, 2.75) is 58.7 Å². The number of amidine groups is 1. The van der Waals surface area contributed by atoms with Crippen LogP contribution in [0.1, 0.15) is 45.9 Å². The van der Waals surface area contributed by atoms with E-state index in [0.717, 1.165) is 62.6 Å². The van der Waals surface area contributed by atoms with Crippen molar-refractivity contribution in [2.24, 2.45) is 10.9 Å². The van der Waals surface area contributed by atoms with Crippen molar-refractivity contribution < 1.29 is 4.79 Å². The van der Waals surface area contributed by atoms with Crippen LogP contribution in [-0.4, -0.2) is 44.8 Å². The largest absolute Gasteiger partial charge is 0.327 e. The van der Waals surface area contributed by atoms with Crippen molar-refractivity contribution in [3.05, 3.63) is 30.1 Å². The van der Waals surface area contributed by atoms with Gasteiger partial charge in [0, 0.05) is 19.6 Å². The maximum absolute atomic E-state index is 12.3. The van der Waals surface area contributed by atoms with Gasteiger partial charge in [-0.2, -0.15) is 0 Å². The lowest BCUT2D eigenvalue weighted by molar-refractivity contribution is -0.125. The van der Waals surface area contributed by atoms with Crippen molar-refractivity contribution >= 4 is 22.8 Å². The highest BCUT2D eigenvalue weighted by atomic mass is 16.2. The molecule has 4 rings (SSSR count). The number of nitrogens with one attached hydrogen (secondary N) is 1. The van der Waals surface area contributed by atoms with Crippen LogP contribution in [0.4, 0.5) is 0 Å². The lowest BCUT2D eigenvalue weighted by Crippen LogP contribution is -2.48. The molecule has 3 heterocycles. The van der Waals surface area contributed by atoms with E-state index < -0.39 is 5.54 Å². The fourth-order valence-corrected chi connectivity index (χ4v) is 4.18. The number of aliphatic imine (C=N–C) groups is 1. The Morgan fingerprint density at radius 3 is 2.63 bits per heavy atom. The number of aryl methyl sites for hydroxylation is 1. The number of carbonyl (C=O) groups excluding carboxylic acids is 1. The lowest BCUT2D eigenvalue weighted by Gasteiger charge is -2.35. The maximum Gasteiger partial charge on any atom is 0.253 e. The average Bonchev–Trinajstić information content (AvgIpc) is 3.11. The molecule has 1 amide bonds. The highest BCUT2D eigenvalue weighted by molar-refractivity contribution is 6.07. The van der Waals surface area contributed by atoms with E-state index in [1.54, 1.807) is 0 Å². The van der Waals surface area contributed by atoms with Crippen LogP contribution in [0.2, 0.25) is 0 Å². The molecule has 2 aliphatic heterocycles. The van der Waals surface area contributed by atoms with Crippen molar-refractivity contribution in [2.75, 3.05) is 13.1 Å². The van der Waals surface area contributed by atoms with Crippen LogP contribution in [0.25, 0.3) is 11.0 Å². The highest BCUT2D eigenvalue weighted by Crippen LogP contribution is 2.30. The van der Waals surface area contributed by atoms with Crippen molar-refractivity contribution in [3.63, 3.8) is 0 Å². The Morgan fingerprint density at radius 2 is 1.96 bits per heavy atom. The summed E-state index contributed by atoms with van der Waals surface area (Å²) in [6.45, 7) is 9.96. The summed E-state index contributed by atoms with van der Waals surface area (Å²) < 4.78 is 2.38. The van der Waals surface area contributed by atoms with E-state index >= 15 is 0 Å². The average molecular weight is 367 g/mol. The van der Waals surface area contributed by atoms with E-state index in [-0.39, 0.29) is 5.91 Å². The third-order valence-electron chi connectivity index (χ3n) is 5.81. The van der Waals surface area contributed by atoms with Gasteiger partial charge in [-0.15, -0.1) is 0 Å². The number of hydrogen-bond acceptors (Lipinski definition) is 4. The molecule has 2 aromatic rings. The zero-order valence-corrected chi connectivity index (χ0v) is 16.5. The molecule has 0 aliphatic carbocycles. The zero-order valence-electron chi connectivity index (χ0n) is 16.5. The smallest absolute Gasteiger partial charge is 0.253 e. The molecule has 0 atom stereocenters. The number of hydrogen-bond donors (Lipinski definition) is 1. The van der Waals surface area contributed by atoms with Gasteiger partial charge >= 0.3 is 0 Å². The van der Waals surface area contributed by atoms with Crippen LogP contribution in [0.3, 0.4) is 0 Å². The number of aromatic nitrogens is 2. The van der Waals surface area contributed by atoms with Gasteiger partial charge in [0.05, 0.1) is 17.6 Å². The molecule has 1 saturated heterocycles. The summed E-state index contributed by atoms with van der Waals surface area (Å²) >= 11 is 0. The quantitative estimate of drug-likeness (QED) is 0.884. The SMILES string of the molecule is CC1=NC2(CCN(Cc3nc4ccccc4n3CCC(C)C)CC2)C(=O)N1. The minimum Gasteiger partial charge on any atom is -0.327 e. The van der Waals surface area contributed by atoms with Gasteiger partial charge in [-0.25, -0.2) is 4.98 Å². The van der Waals surface area contributed by atoms with Crippen LogP contribution >= 0.6 is 0 Å². The van der Waals surface area contributed by atoms with Crippen molar-refractivity contribution in [1.29, 1.82) is 0 Å². The minimum absolute atomic E-state index is 0.0730. The molecule has 1 spiro atoms. The van der Waals surface area contributed by atoms with Gasteiger partial charge in [-0.05, 0) is 44.2 Å². The first-order valence-corrected chi connectivity index (χ1v) is 10.0. The Bertz CT molecular complexity index is 874. The van der Waals surface area contributed by atoms with Crippen LogP contribution in [0.5, 0.6) is 0 Å². The van der Waals surface area contributed by atoms with Crippen LogP contribution in [0, 0.1) is 5.92 Å². The Morgan fingerprint density at radius 1 is 1.22 bits per heavy atom. The molecular weight excluding hydrogens is 338 g/mol. The third kappa shape index (κ3) is 3.50. The molecule has 0 radical (unpaired) electrons. The fourth-order valence-electron chi connectivity index (χ4n) is 4.18. The third-order valence-corrected chi connectivity index (χ3v) is 5.81. The van der Waals surface area contributed by atoms with E-state index in [0.29, 0.717) is 5.92 Å².